The summed E-state index contributed by atoms with van der Waals surface area (Å²) in [4.78, 5) is 11.6. The van der Waals surface area contributed by atoms with Crippen molar-refractivity contribution in [2.75, 3.05) is 7.11 Å². The summed E-state index contributed by atoms with van der Waals surface area (Å²) in [6.45, 7) is 4.65. The predicted molar refractivity (Wildman–Crippen MR) is 155 cm³/mol. The highest BCUT2D eigenvalue weighted by atomic mass is 19.1. The van der Waals surface area contributed by atoms with Crippen molar-refractivity contribution in [3.05, 3.63) is 82.7 Å². The molecular formula is C35H39FO4. The molecule has 3 atom stereocenters. The van der Waals surface area contributed by atoms with E-state index in [1.54, 1.807) is 19.2 Å². The van der Waals surface area contributed by atoms with Crippen LogP contribution in [0.1, 0.15) is 99.0 Å². The summed E-state index contributed by atoms with van der Waals surface area (Å²) in [5, 5.41) is 9.49. The highest BCUT2D eigenvalue weighted by Crippen LogP contribution is 2.52. The van der Waals surface area contributed by atoms with E-state index in [4.69, 9.17) is 9.47 Å². The number of benzene rings is 3. The number of carboxylic acid groups (broad SMARTS) is 1. The third-order valence-corrected chi connectivity index (χ3v) is 9.59. The van der Waals surface area contributed by atoms with Crippen molar-refractivity contribution in [3.63, 3.8) is 0 Å². The van der Waals surface area contributed by atoms with Crippen molar-refractivity contribution in [1.29, 1.82) is 0 Å². The molecule has 0 bridgehead atoms. The van der Waals surface area contributed by atoms with Gasteiger partial charge in [0.2, 0.25) is 0 Å². The van der Waals surface area contributed by atoms with Crippen LogP contribution < -0.4 is 9.47 Å². The summed E-state index contributed by atoms with van der Waals surface area (Å²) in [5.74, 6) is 1.35. The van der Waals surface area contributed by atoms with E-state index in [1.165, 1.54) is 17.2 Å². The Hall–Kier alpha value is -3.34. The first kappa shape index (κ1) is 26.9. The van der Waals surface area contributed by atoms with Crippen molar-refractivity contribution in [1.82, 2.24) is 0 Å². The summed E-state index contributed by atoms with van der Waals surface area (Å²) >= 11 is 0. The van der Waals surface area contributed by atoms with Gasteiger partial charge in [-0.05, 0) is 114 Å². The Labute approximate surface area is 236 Å². The Kier molecular flexibility index (Phi) is 7.10. The molecule has 1 N–H and O–H groups in total. The molecule has 5 heteroatoms. The van der Waals surface area contributed by atoms with Crippen LogP contribution in [0, 0.1) is 17.2 Å². The summed E-state index contributed by atoms with van der Waals surface area (Å²) in [6.07, 6.45) is 7.42. The minimum Gasteiger partial charge on any atom is -0.497 e. The third-order valence-electron chi connectivity index (χ3n) is 9.59. The van der Waals surface area contributed by atoms with Gasteiger partial charge < -0.3 is 14.6 Å². The second-order valence-corrected chi connectivity index (χ2v) is 12.7. The maximum Gasteiger partial charge on any atom is 0.303 e. The molecule has 3 aliphatic rings. The molecular weight excluding hydrogens is 503 g/mol. The molecule has 0 saturated heterocycles. The number of carboxylic acids is 1. The zero-order valence-electron chi connectivity index (χ0n) is 23.7. The lowest BCUT2D eigenvalue weighted by Crippen LogP contribution is -2.19. The number of fused-ring (bicyclic) bond motifs is 1. The molecule has 0 amide bonds. The summed E-state index contributed by atoms with van der Waals surface area (Å²) in [6, 6.07) is 17.7. The highest BCUT2D eigenvalue weighted by molar-refractivity contribution is 5.71. The Morgan fingerprint density at radius 2 is 1.88 bits per heavy atom. The molecule has 6 rings (SSSR count). The third kappa shape index (κ3) is 5.23. The van der Waals surface area contributed by atoms with Gasteiger partial charge in [-0.2, -0.15) is 0 Å². The summed E-state index contributed by atoms with van der Waals surface area (Å²) in [7, 11) is 1.61. The summed E-state index contributed by atoms with van der Waals surface area (Å²) < 4.78 is 27.3. The van der Waals surface area contributed by atoms with Gasteiger partial charge in [-0.15, -0.1) is 0 Å². The van der Waals surface area contributed by atoms with E-state index in [1.807, 2.05) is 0 Å². The number of hydrogen-bond donors (Lipinski definition) is 1. The molecule has 0 spiro atoms. The van der Waals surface area contributed by atoms with Crippen molar-refractivity contribution >= 4 is 5.97 Å². The van der Waals surface area contributed by atoms with Crippen molar-refractivity contribution in [2.24, 2.45) is 11.3 Å². The van der Waals surface area contributed by atoms with Crippen molar-refractivity contribution < 1.29 is 23.8 Å². The molecule has 1 aliphatic heterocycles. The molecule has 2 fully saturated rings. The molecule has 40 heavy (non-hydrogen) atoms. The number of aryl methyl sites for hydroxylation is 1. The first-order chi connectivity index (χ1) is 19.2. The molecule has 3 aromatic carbocycles. The average Bonchev–Trinajstić information content (AvgIpc) is 3.73. The normalized spacial score (nSPS) is 22.3. The number of hydrogen-bond acceptors (Lipinski definition) is 3. The average molecular weight is 543 g/mol. The fourth-order valence-electron chi connectivity index (χ4n) is 7.15. The first-order valence-electron chi connectivity index (χ1n) is 14.7. The van der Waals surface area contributed by atoms with Crippen LogP contribution >= 0.6 is 0 Å². The number of rotatable bonds is 8. The van der Waals surface area contributed by atoms with Crippen LogP contribution in [-0.2, 0) is 11.2 Å². The largest absolute Gasteiger partial charge is 0.497 e. The Morgan fingerprint density at radius 3 is 2.58 bits per heavy atom. The molecule has 2 saturated carbocycles. The van der Waals surface area contributed by atoms with E-state index in [0.717, 1.165) is 67.4 Å². The van der Waals surface area contributed by atoms with E-state index in [0.29, 0.717) is 23.1 Å². The number of ether oxygens (including phenoxy) is 2. The zero-order chi connectivity index (χ0) is 28.0. The van der Waals surface area contributed by atoms with Gasteiger partial charge in [-0.3, -0.25) is 4.79 Å². The zero-order valence-corrected chi connectivity index (χ0v) is 23.7. The second kappa shape index (κ2) is 10.6. The Morgan fingerprint density at radius 1 is 1.05 bits per heavy atom. The predicted octanol–water partition coefficient (Wildman–Crippen LogP) is 8.83. The molecule has 0 radical (unpaired) electrons. The fraction of sp³-hybridized carbons (Fsp3) is 0.457. The molecule has 4 nitrogen and oxygen atoms in total. The fourth-order valence-corrected chi connectivity index (χ4v) is 7.15. The Balaban J connectivity index is 1.36. The number of halogens is 1. The van der Waals surface area contributed by atoms with Crippen molar-refractivity contribution in [2.45, 2.75) is 83.2 Å². The van der Waals surface area contributed by atoms with Crippen molar-refractivity contribution in [3.8, 4) is 22.6 Å². The lowest BCUT2D eigenvalue weighted by Gasteiger charge is -2.32. The molecule has 2 unspecified atom stereocenters. The maximum atomic E-state index is 15.2. The van der Waals surface area contributed by atoms with Gasteiger partial charge in [0.15, 0.2) is 0 Å². The minimum absolute atomic E-state index is 0.0417. The van der Waals surface area contributed by atoms with Gasteiger partial charge >= 0.3 is 5.97 Å². The van der Waals surface area contributed by atoms with Crippen LogP contribution in [0.2, 0.25) is 0 Å². The topological polar surface area (TPSA) is 55.8 Å². The first-order valence-corrected chi connectivity index (χ1v) is 14.7. The standard InChI is InChI=1S/C35H39FO4/c1-35(2)16-4-5-30(35)28-17-24(10-13-26(28)29-19-25(39-3)12-14-31(29)36)32-15-11-22-8-9-23(18-33(22)40-32)27(20-34(37)38)21-6-7-21/h8-10,12-14,17-19,21,27,30,32H,4-7,11,15-16,20H2,1-3H3,(H,37,38)/t27?,30-,32?/m1/s1. The van der Waals surface area contributed by atoms with Crippen LogP contribution in [-0.4, -0.2) is 18.2 Å². The van der Waals surface area contributed by atoms with Crippen LogP contribution in [0.5, 0.6) is 11.5 Å². The molecule has 3 aromatic rings. The van der Waals surface area contributed by atoms with Gasteiger partial charge in [0.25, 0.3) is 0 Å². The molecule has 1 heterocycles. The van der Waals surface area contributed by atoms with E-state index in [2.05, 4.69) is 50.2 Å². The number of aliphatic carboxylic acids is 1. The Bertz CT molecular complexity index is 1420. The van der Waals surface area contributed by atoms with E-state index in [9.17, 15) is 9.90 Å². The van der Waals surface area contributed by atoms with Gasteiger partial charge in [0.05, 0.1) is 13.5 Å². The van der Waals surface area contributed by atoms with E-state index >= 15 is 4.39 Å². The second-order valence-electron chi connectivity index (χ2n) is 12.7. The SMILES string of the molecule is COc1ccc(F)c(-c2ccc(C3CCc4ccc(C(CC(=O)O)C5CC5)cc4O3)cc2[C@H]2CCCC2(C)C)c1. The molecule has 210 valence electrons. The van der Waals surface area contributed by atoms with Gasteiger partial charge in [0, 0.05) is 5.56 Å². The summed E-state index contributed by atoms with van der Waals surface area (Å²) in [5.41, 5.74) is 6.18. The number of carbonyl (C=O) groups is 1. The lowest BCUT2D eigenvalue weighted by molar-refractivity contribution is -0.137. The van der Waals surface area contributed by atoms with Crippen LogP contribution in [0.3, 0.4) is 0 Å². The van der Waals surface area contributed by atoms with Crippen LogP contribution in [0.15, 0.2) is 54.6 Å². The maximum absolute atomic E-state index is 15.2. The van der Waals surface area contributed by atoms with Gasteiger partial charge in [-0.25, -0.2) is 4.39 Å². The molecule has 0 aromatic heterocycles. The van der Waals surface area contributed by atoms with Crippen LogP contribution in [0.25, 0.3) is 11.1 Å². The van der Waals surface area contributed by atoms with Crippen LogP contribution in [0.4, 0.5) is 4.39 Å². The van der Waals surface area contributed by atoms with E-state index < -0.39 is 5.97 Å². The van der Waals surface area contributed by atoms with Gasteiger partial charge in [-0.1, -0.05) is 50.6 Å². The minimum atomic E-state index is -0.747. The number of methoxy groups -OCH3 is 1. The quantitative estimate of drug-likeness (QED) is 0.309. The molecule has 2 aliphatic carbocycles. The lowest BCUT2D eigenvalue weighted by atomic mass is 9.74. The van der Waals surface area contributed by atoms with Gasteiger partial charge in [0.1, 0.15) is 23.4 Å². The van der Waals surface area contributed by atoms with E-state index in [-0.39, 0.29) is 29.7 Å². The highest BCUT2D eigenvalue weighted by Gasteiger charge is 2.38. The smallest absolute Gasteiger partial charge is 0.303 e. The monoisotopic (exact) mass is 542 g/mol.